The highest BCUT2D eigenvalue weighted by atomic mass is 15.2. The molecule has 0 fully saturated rings. The van der Waals surface area contributed by atoms with E-state index in [2.05, 4.69) is 69.0 Å². The van der Waals surface area contributed by atoms with Crippen molar-refractivity contribution in [1.82, 2.24) is 10.3 Å². The molecule has 1 N–H and O–H groups in total. The molecule has 1 aromatic rings. The lowest BCUT2D eigenvalue weighted by Crippen LogP contribution is -2.39. The van der Waals surface area contributed by atoms with Crippen molar-refractivity contribution in [2.75, 3.05) is 18.5 Å². The topological polar surface area (TPSA) is 28.2 Å². The van der Waals surface area contributed by atoms with Gasteiger partial charge in [-0.3, -0.25) is 0 Å². The van der Waals surface area contributed by atoms with E-state index in [4.69, 9.17) is 0 Å². The lowest BCUT2D eigenvalue weighted by atomic mass is 9.87. The van der Waals surface area contributed by atoms with Gasteiger partial charge in [0.15, 0.2) is 0 Å². The van der Waals surface area contributed by atoms with Crippen molar-refractivity contribution >= 4 is 5.82 Å². The minimum Gasteiger partial charge on any atom is -0.356 e. The Morgan fingerprint density at radius 3 is 2.63 bits per heavy atom. The SMILES string of the molecule is CCCNCc1ccnc(N(C)C(C)C(C)(C)C)c1. The van der Waals surface area contributed by atoms with Crippen LogP contribution in [0.5, 0.6) is 0 Å². The quantitative estimate of drug-likeness (QED) is 0.797. The molecule has 0 aromatic carbocycles. The molecule has 0 aliphatic heterocycles. The van der Waals surface area contributed by atoms with Crippen LogP contribution in [0.2, 0.25) is 0 Å². The summed E-state index contributed by atoms with van der Waals surface area (Å²) in [6.45, 7) is 13.2. The Hall–Kier alpha value is -1.09. The molecule has 0 spiro atoms. The largest absolute Gasteiger partial charge is 0.356 e. The van der Waals surface area contributed by atoms with Crippen LogP contribution in [-0.2, 0) is 6.54 Å². The molecular weight excluding hydrogens is 234 g/mol. The fourth-order valence-electron chi connectivity index (χ4n) is 1.95. The third-order valence-electron chi connectivity index (χ3n) is 3.76. The molecule has 1 unspecified atom stereocenters. The third-order valence-corrected chi connectivity index (χ3v) is 3.76. The fraction of sp³-hybridized carbons (Fsp3) is 0.688. The molecule has 0 aliphatic rings. The van der Waals surface area contributed by atoms with Crippen LogP contribution < -0.4 is 10.2 Å². The fourth-order valence-corrected chi connectivity index (χ4v) is 1.95. The maximum atomic E-state index is 4.50. The second-order valence-corrected chi connectivity index (χ2v) is 6.35. The van der Waals surface area contributed by atoms with Crippen molar-refractivity contribution in [2.45, 2.75) is 53.6 Å². The first-order valence-electron chi connectivity index (χ1n) is 7.24. The summed E-state index contributed by atoms with van der Waals surface area (Å²) < 4.78 is 0. The highest BCUT2D eigenvalue weighted by molar-refractivity contribution is 5.41. The maximum absolute atomic E-state index is 4.50. The summed E-state index contributed by atoms with van der Waals surface area (Å²) in [6, 6.07) is 4.71. The van der Waals surface area contributed by atoms with Crippen LogP contribution in [0.15, 0.2) is 18.3 Å². The molecule has 0 saturated heterocycles. The van der Waals surface area contributed by atoms with E-state index in [1.54, 1.807) is 0 Å². The van der Waals surface area contributed by atoms with Gasteiger partial charge in [-0.1, -0.05) is 27.7 Å². The normalized spacial score (nSPS) is 13.4. The maximum Gasteiger partial charge on any atom is 0.128 e. The second-order valence-electron chi connectivity index (χ2n) is 6.35. The van der Waals surface area contributed by atoms with Crippen LogP contribution >= 0.6 is 0 Å². The van der Waals surface area contributed by atoms with Gasteiger partial charge in [-0.05, 0) is 43.0 Å². The molecule has 0 amide bonds. The summed E-state index contributed by atoms with van der Waals surface area (Å²) in [5, 5.41) is 3.43. The number of rotatable bonds is 6. The van der Waals surface area contributed by atoms with Crippen molar-refractivity contribution in [3.63, 3.8) is 0 Å². The Labute approximate surface area is 118 Å². The lowest BCUT2D eigenvalue weighted by Gasteiger charge is -2.36. The number of nitrogens with zero attached hydrogens (tertiary/aromatic N) is 2. The van der Waals surface area contributed by atoms with Gasteiger partial charge in [0.1, 0.15) is 5.82 Å². The molecule has 0 aliphatic carbocycles. The van der Waals surface area contributed by atoms with E-state index < -0.39 is 0 Å². The van der Waals surface area contributed by atoms with E-state index in [-0.39, 0.29) is 5.41 Å². The molecule has 1 atom stereocenters. The summed E-state index contributed by atoms with van der Waals surface area (Å²) in [4.78, 5) is 6.77. The Morgan fingerprint density at radius 1 is 1.37 bits per heavy atom. The van der Waals surface area contributed by atoms with Crippen LogP contribution in [0.4, 0.5) is 5.82 Å². The first kappa shape index (κ1) is 16.0. The predicted molar refractivity (Wildman–Crippen MR) is 83.6 cm³/mol. The van der Waals surface area contributed by atoms with Gasteiger partial charge in [0.25, 0.3) is 0 Å². The molecule has 3 heteroatoms. The molecule has 1 aromatic heterocycles. The van der Waals surface area contributed by atoms with Crippen LogP contribution in [0.25, 0.3) is 0 Å². The van der Waals surface area contributed by atoms with Gasteiger partial charge in [-0.25, -0.2) is 4.98 Å². The number of hydrogen-bond donors (Lipinski definition) is 1. The van der Waals surface area contributed by atoms with E-state index in [1.807, 2.05) is 6.20 Å². The highest BCUT2D eigenvalue weighted by Crippen LogP contribution is 2.26. The average molecular weight is 263 g/mol. The van der Waals surface area contributed by atoms with E-state index in [1.165, 1.54) is 12.0 Å². The zero-order chi connectivity index (χ0) is 14.5. The Balaban J connectivity index is 2.75. The Kier molecular flexibility index (Phi) is 5.80. The van der Waals surface area contributed by atoms with Crippen LogP contribution in [-0.4, -0.2) is 24.6 Å². The van der Waals surface area contributed by atoms with E-state index in [0.717, 1.165) is 18.9 Å². The van der Waals surface area contributed by atoms with Crippen LogP contribution in [0.3, 0.4) is 0 Å². The van der Waals surface area contributed by atoms with E-state index >= 15 is 0 Å². The first-order valence-corrected chi connectivity index (χ1v) is 7.24. The van der Waals surface area contributed by atoms with Gasteiger partial charge in [0, 0.05) is 25.8 Å². The average Bonchev–Trinajstić information content (AvgIpc) is 2.36. The highest BCUT2D eigenvalue weighted by Gasteiger charge is 2.24. The van der Waals surface area contributed by atoms with Gasteiger partial charge in [-0.2, -0.15) is 0 Å². The van der Waals surface area contributed by atoms with Crippen LogP contribution in [0, 0.1) is 5.41 Å². The summed E-state index contributed by atoms with van der Waals surface area (Å²) in [7, 11) is 2.13. The van der Waals surface area contributed by atoms with Gasteiger partial charge < -0.3 is 10.2 Å². The summed E-state index contributed by atoms with van der Waals surface area (Å²) >= 11 is 0. The van der Waals surface area contributed by atoms with Crippen molar-refractivity contribution in [3.05, 3.63) is 23.9 Å². The van der Waals surface area contributed by atoms with Gasteiger partial charge in [0.05, 0.1) is 0 Å². The summed E-state index contributed by atoms with van der Waals surface area (Å²) in [5.41, 5.74) is 1.54. The molecule has 1 rings (SSSR count). The van der Waals surface area contributed by atoms with Crippen molar-refractivity contribution in [3.8, 4) is 0 Å². The van der Waals surface area contributed by atoms with Crippen molar-refractivity contribution in [2.24, 2.45) is 5.41 Å². The first-order chi connectivity index (χ1) is 8.86. The number of hydrogen-bond acceptors (Lipinski definition) is 3. The van der Waals surface area contributed by atoms with Crippen molar-refractivity contribution in [1.29, 1.82) is 0 Å². The van der Waals surface area contributed by atoms with Crippen LogP contribution in [0.1, 0.15) is 46.6 Å². The third kappa shape index (κ3) is 4.83. The zero-order valence-corrected chi connectivity index (χ0v) is 13.3. The van der Waals surface area contributed by atoms with E-state index in [0.29, 0.717) is 6.04 Å². The zero-order valence-electron chi connectivity index (χ0n) is 13.3. The van der Waals surface area contributed by atoms with Crippen molar-refractivity contribution < 1.29 is 0 Å². The smallest absolute Gasteiger partial charge is 0.128 e. The Bertz CT molecular complexity index is 382. The minimum absolute atomic E-state index is 0.243. The molecule has 0 saturated carbocycles. The molecule has 1 heterocycles. The molecule has 3 nitrogen and oxygen atoms in total. The number of pyridine rings is 1. The molecule has 108 valence electrons. The predicted octanol–water partition coefficient (Wildman–Crippen LogP) is 3.45. The lowest BCUT2D eigenvalue weighted by molar-refractivity contribution is 0.328. The summed E-state index contributed by atoms with van der Waals surface area (Å²) in [5.74, 6) is 1.05. The standard InChI is InChI=1S/C16H29N3/c1-7-9-17-12-14-8-10-18-15(11-14)19(6)13(2)16(3,4)5/h8,10-11,13,17H,7,9,12H2,1-6H3. The Morgan fingerprint density at radius 2 is 2.05 bits per heavy atom. The molecule has 19 heavy (non-hydrogen) atoms. The number of aromatic nitrogens is 1. The van der Waals surface area contributed by atoms with E-state index in [9.17, 15) is 0 Å². The molecule has 0 radical (unpaired) electrons. The summed E-state index contributed by atoms with van der Waals surface area (Å²) in [6.07, 6.45) is 3.07. The minimum atomic E-state index is 0.243. The monoisotopic (exact) mass is 263 g/mol. The number of anilines is 1. The van der Waals surface area contributed by atoms with Gasteiger partial charge in [-0.15, -0.1) is 0 Å². The molecule has 0 bridgehead atoms. The van der Waals surface area contributed by atoms with Gasteiger partial charge >= 0.3 is 0 Å². The number of nitrogens with one attached hydrogen (secondary N) is 1. The molecular formula is C16H29N3. The van der Waals surface area contributed by atoms with Gasteiger partial charge in [0.2, 0.25) is 0 Å². The second kappa shape index (κ2) is 6.90.